The number of carbonyl (C=O) groups excluding carboxylic acids is 1. The third-order valence-corrected chi connectivity index (χ3v) is 12.9. The molecule has 0 radical (unpaired) electrons. The molecule has 222 valence electrons. The van der Waals surface area contributed by atoms with Gasteiger partial charge in [-0.25, -0.2) is 0 Å². The molecule has 4 rings (SSSR count). The first kappa shape index (κ1) is 30.9. The predicted octanol–water partition coefficient (Wildman–Crippen LogP) is 3.55. The van der Waals surface area contributed by atoms with E-state index >= 15 is 0 Å². The van der Waals surface area contributed by atoms with Gasteiger partial charge in [0.1, 0.15) is 11.9 Å². The zero-order valence-corrected chi connectivity index (χ0v) is 25.8. The van der Waals surface area contributed by atoms with Gasteiger partial charge in [0.25, 0.3) is 5.91 Å². The summed E-state index contributed by atoms with van der Waals surface area (Å²) in [7, 11) is -0.261. The summed E-state index contributed by atoms with van der Waals surface area (Å²) in [6, 6.07) is 16.4. The van der Waals surface area contributed by atoms with Gasteiger partial charge < -0.3 is 25.0 Å². The molecule has 3 aromatic rings. The molecule has 1 aliphatic heterocycles. The van der Waals surface area contributed by atoms with Crippen LogP contribution < -0.4 is 15.2 Å². The van der Waals surface area contributed by atoms with Gasteiger partial charge in [-0.1, -0.05) is 54.7 Å². The molecular weight excluding hydrogens is 536 g/mol. The van der Waals surface area contributed by atoms with Crippen LogP contribution in [0, 0.1) is 5.92 Å². The van der Waals surface area contributed by atoms with Crippen LogP contribution in [0.1, 0.15) is 37.9 Å². The van der Waals surface area contributed by atoms with Gasteiger partial charge in [-0.2, -0.15) is 0 Å². The fourth-order valence-corrected chi connectivity index (χ4v) is 10.3. The van der Waals surface area contributed by atoms with Gasteiger partial charge in [-0.05, 0) is 67.5 Å². The second kappa shape index (κ2) is 13.7. The number of rotatable bonds is 13. The largest absolute Gasteiger partial charge is 0.497 e. The number of aromatic nitrogens is 3. The number of hydrogen-bond donors (Lipinski definition) is 3. The van der Waals surface area contributed by atoms with Crippen LogP contribution in [-0.2, 0) is 28.9 Å². The van der Waals surface area contributed by atoms with Crippen molar-refractivity contribution < 1.29 is 24.5 Å². The average molecular weight is 581 g/mol. The number of aliphatic hydroxyl groups excluding tert-OH is 2. The molecule has 0 saturated carbocycles. The van der Waals surface area contributed by atoms with Crippen molar-refractivity contribution in [2.24, 2.45) is 5.92 Å². The number of hydrogen-bond acceptors (Lipinski definition) is 7. The quantitative estimate of drug-likeness (QED) is 0.265. The number of aliphatic hydroxyl groups is 2. The van der Waals surface area contributed by atoms with Crippen molar-refractivity contribution in [2.75, 3.05) is 19.0 Å². The van der Waals surface area contributed by atoms with Gasteiger partial charge in [-0.15, -0.1) is 5.10 Å². The van der Waals surface area contributed by atoms with E-state index < -0.39 is 20.1 Å². The standard InChI is InChI=1S/C31H44N4O5Si/c1-21-28(15-8-23-6-9-24(10-7-23)32-31(38)22(2)37)40-29(16-18-35-20-25(17-19-36)33-34-35)30(21)41(4,5)27-13-11-26(39-3)12-14-27/h6-7,9-14,20-22,28-30,36-37H,8,15-19H2,1-5H3,(H,32,38)/t21-,22-,28+,29-,30+/m0/s1. The van der Waals surface area contributed by atoms with Crippen molar-refractivity contribution >= 4 is 24.9 Å². The Hall–Kier alpha value is -3.05. The zero-order valence-electron chi connectivity index (χ0n) is 24.8. The van der Waals surface area contributed by atoms with E-state index in [1.807, 2.05) is 35.1 Å². The topological polar surface area (TPSA) is 119 Å². The molecule has 1 fully saturated rings. The van der Waals surface area contributed by atoms with Gasteiger partial charge in [0.05, 0.1) is 33.1 Å². The summed E-state index contributed by atoms with van der Waals surface area (Å²) >= 11 is 0. The molecule has 5 atom stereocenters. The van der Waals surface area contributed by atoms with E-state index in [9.17, 15) is 15.0 Å². The van der Waals surface area contributed by atoms with Crippen molar-refractivity contribution in [1.82, 2.24) is 15.0 Å². The molecule has 3 N–H and O–H groups in total. The molecule has 41 heavy (non-hydrogen) atoms. The molecule has 1 aromatic heterocycles. The van der Waals surface area contributed by atoms with Crippen LogP contribution in [0.5, 0.6) is 5.75 Å². The van der Waals surface area contributed by atoms with Crippen molar-refractivity contribution in [3.05, 3.63) is 66.0 Å². The molecule has 2 heterocycles. The van der Waals surface area contributed by atoms with E-state index in [2.05, 4.69) is 59.9 Å². The first-order valence-corrected chi connectivity index (χ1v) is 17.6. The minimum atomic E-state index is -1.96. The smallest absolute Gasteiger partial charge is 0.252 e. The van der Waals surface area contributed by atoms with Gasteiger partial charge >= 0.3 is 0 Å². The first-order chi connectivity index (χ1) is 19.6. The molecule has 1 amide bonds. The molecule has 0 unspecified atom stereocenters. The van der Waals surface area contributed by atoms with E-state index in [1.54, 1.807) is 7.11 Å². The summed E-state index contributed by atoms with van der Waals surface area (Å²) in [6.45, 7) is 9.47. The lowest BCUT2D eigenvalue weighted by Crippen LogP contribution is -2.50. The average Bonchev–Trinajstić information content (AvgIpc) is 3.55. The van der Waals surface area contributed by atoms with Crippen LogP contribution in [-0.4, -0.2) is 71.2 Å². The van der Waals surface area contributed by atoms with Crippen molar-refractivity contribution in [3.8, 4) is 5.75 Å². The summed E-state index contributed by atoms with van der Waals surface area (Å²) < 4.78 is 14.1. The van der Waals surface area contributed by atoms with Crippen molar-refractivity contribution in [3.63, 3.8) is 0 Å². The van der Waals surface area contributed by atoms with E-state index in [-0.39, 0.29) is 18.8 Å². The van der Waals surface area contributed by atoms with Gasteiger partial charge in [0, 0.05) is 31.5 Å². The van der Waals surface area contributed by atoms with E-state index in [0.29, 0.717) is 30.1 Å². The van der Waals surface area contributed by atoms with Crippen molar-refractivity contribution in [2.45, 2.75) is 83.0 Å². The molecule has 0 aliphatic carbocycles. The molecule has 0 spiro atoms. The number of anilines is 1. The lowest BCUT2D eigenvalue weighted by atomic mass is 9.95. The minimum Gasteiger partial charge on any atom is -0.497 e. The Bertz CT molecular complexity index is 1260. The molecule has 1 aliphatic rings. The highest BCUT2D eigenvalue weighted by atomic mass is 28.3. The molecule has 1 saturated heterocycles. The minimum absolute atomic E-state index is 0.0621. The molecule has 9 nitrogen and oxygen atoms in total. The molecule has 0 bridgehead atoms. The fraction of sp³-hybridized carbons (Fsp3) is 0.516. The summed E-state index contributed by atoms with van der Waals surface area (Å²) in [4.78, 5) is 11.8. The number of methoxy groups -OCH3 is 1. The van der Waals surface area contributed by atoms with Gasteiger partial charge in [0.15, 0.2) is 0 Å². The third-order valence-electron chi connectivity index (χ3n) is 8.49. The van der Waals surface area contributed by atoms with E-state index in [1.165, 1.54) is 17.7 Å². The number of aryl methyl sites for hydroxylation is 2. The highest BCUT2D eigenvalue weighted by Crippen LogP contribution is 2.46. The Morgan fingerprint density at radius 3 is 2.44 bits per heavy atom. The number of amides is 1. The van der Waals surface area contributed by atoms with Crippen LogP contribution >= 0.6 is 0 Å². The van der Waals surface area contributed by atoms with Crippen LogP contribution in [0.4, 0.5) is 5.69 Å². The maximum absolute atomic E-state index is 11.8. The Kier molecular flexibility index (Phi) is 10.4. The summed E-state index contributed by atoms with van der Waals surface area (Å²) in [5.74, 6) is 0.834. The number of ether oxygens (including phenoxy) is 2. The SMILES string of the molecule is COc1ccc([Si](C)(C)[C@@H]2[C@@H](C)[C@@H](CCc3ccc(NC(=O)[C@H](C)O)cc3)O[C@H]2CCn2cc(CCO)nn2)cc1. The normalized spacial score (nSPS) is 21.5. The Morgan fingerprint density at radius 2 is 1.80 bits per heavy atom. The van der Waals surface area contributed by atoms with Crippen LogP contribution in [0.3, 0.4) is 0 Å². The highest BCUT2D eigenvalue weighted by molar-refractivity contribution is 6.91. The number of nitrogens with one attached hydrogen (secondary N) is 1. The Morgan fingerprint density at radius 1 is 1.10 bits per heavy atom. The summed E-state index contributed by atoms with van der Waals surface area (Å²) in [5, 5.41) is 31.2. The van der Waals surface area contributed by atoms with Crippen molar-refractivity contribution in [1.29, 1.82) is 0 Å². The maximum Gasteiger partial charge on any atom is 0.252 e. The lowest BCUT2D eigenvalue weighted by molar-refractivity contribution is -0.123. The molecular formula is C31H44N4O5Si. The van der Waals surface area contributed by atoms with E-state index in [4.69, 9.17) is 9.47 Å². The lowest BCUT2D eigenvalue weighted by Gasteiger charge is -2.36. The monoisotopic (exact) mass is 580 g/mol. The Balaban J connectivity index is 1.48. The van der Waals surface area contributed by atoms with Crippen LogP contribution in [0.2, 0.25) is 18.6 Å². The van der Waals surface area contributed by atoms with Gasteiger partial charge in [-0.3, -0.25) is 9.48 Å². The molecule has 2 aromatic carbocycles. The predicted molar refractivity (Wildman–Crippen MR) is 162 cm³/mol. The molecule has 10 heteroatoms. The maximum atomic E-state index is 11.8. The van der Waals surface area contributed by atoms with Crippen LogP contribution in [0.25, 0.3) is 0 Å². The first-order valence-electron chi connectivity index (χ1n) is 14.5. The summed E-state index contributed by atoms with van der Waals surface area (Å²) in [6.07, 6.45) is 4.23. The Labute approximate surface area is 243 Å². The second-order valence-electron chi connectivity index (χ2n) is 11.7. The number of carbonyl (C=O) groups is 1. The summed E-state index contributed by atoms with van der Waals surface area (Å²) in [5.41, 5.74) is 3.07. The number of nitrogens with zero attached hydrogens (tertiary/aromatic N) is 3. The van der Waals surface area contributed by atoms with Crippen LogP contribution in [0.15, 0.2) is 54.7 Å². The number of benzene rings is 2. The third kappa shape index (κ3) is 7.62. The van der Waals surface area contributed by atoms with Gasteiger partial charge in [0.2, 0.25) is 0 Å². The van der Waals surface area contributed by atoms with E-state index in [0.717, 1.165) is 30.7 Å². The zero-order chi connectivity index (χ0) is 29.6. The fourth-order valence-electron chi connectivity index (χ4n) is 6.16. The second-order valence-corrected chi connectivity index (χ2v) is 16.4. The highest BCUT2D eigenvalue weighted by Gasteiger charge is 2.50.